The largest absolute Gasteiger partial charge is 0.444 e. The van der Waals surface area contributed by atoms with Crippen molar-refractivity contribution in [3.05, 3.63) is 35.7 Å². The fraction of sp³-hybridized carbons (Fsp3) is 0.520. The number of nitrogens with zero attached hydrogens (tertiary/aromatic N) is 3. The Morgan fingerprint density at radius 1 is 1.34 bits per heavy atom. The van der Waals surface area contributed by atoms with E-state index in [1.54, 1.807) is 27.9 Å². The van der Waals surface area contributed by atoms with Crippen molar-refractivity contribution in [2.45, 2.75) is 45.3 Å². The molecule has 2 amide bonds. The summed E-state index contributed by atoms with van der Waals surface area (Å²) >= 11 is 0. The van der Waals surface area contributed by atoms with Crippen molar-refractivity contribution >= 4 is 28.7 Å². The first kappa shape index (κ1) is 26.2. The number of benzene rings is 1. The van der Waals surface area contributed by atoms with Crippen LogP contribution in [0.3, 0.4) is 0 Å². The average molecular weight is 484 g/mol. The highest BCUT2D eigenvalue weighted by Gasteiger charge is 2.26. The van der Waals surface area contributed by atoms with Crippen LogP contribution in [-0.2, 0) is 20.7 Å². The van der Waals surface area contributed by atoms with Crippen molar-refractivity contribution in [3.63, 3.8) is 0 Å². The maximum absolute atomic E-state index is 12.6. The molecule has 1 unspecified atom stereocenters. The van der Waals surface area contributed by atoms with Crippen LogP contribution in [0.2, 0.25) is 0 Å². The summed E-state index contributed by atoms with van der Waals surface area (Å²) in [7, 11) is 1.71. The van der Waals surface area contributed by atoms with Crippen LogP contribution in [0.15, 0.2) is 28.7 Å². The van der Waals surface area contributed by atoms with Gasteiger partial charge < -0.3 is 24.5 Å². The van der Waals surface area contributed by atoms with Crippen molar-refractivity contribution in [2.24, 2.45) is 0 Å². The first-order chi connectivity index (χ1) is 16.7. The molecule has 3 rings (SSSR count). The van der Waals surface area contributed by atoms with E-state index in [0.717, 1.165) is 31.6 Å². The molecule has 1 aliphatic rings. The van der Waals surface area contributed by atoms with Gasteiger partial charge in [0.15, 0.2) is 11.5 Å². The molecule has 2 aromatic rings. The molecule has 0 fully saturated rings. The molecule has 0 aliphatic carbocycles. The average Bonchev–Trinajstić information content (AvgIpc) is 3.21. The molecule has 1 aliphatic heterocycles. The van der Waals surface area contributed by atoms with Crippen molar-refractivity contribution in [1.29, 1.82) is 5.26 Å². The minimum Gasteiger partial charge on any atom is -0.444 e. The summed E-state index contributed by atoms with van der Waals surface area (Å²) in [6.07, 6.45) is 2.42. The Hall–Kier alpha value is -3.42. The number of aromatic nitrogens is 1. The Labute approximate surface area is 205 Å². The van der Waals surface area contributed by atoms with E-state index in [9.17, 15) is 9.59 Å². The monoisotopic (exact) mass is 483 g/mol. The molecule has 1 atom stereocenters. The van der Waals surface area contributed by atoms with Gasteiger partial charge in [0.05, 0.1) is 19.1 Å². The van der Waals surface area contributed by atoms with E-state index in [1.165, 1.54) is 5.57 Å². The minimum atomic E-state index is -1.01. The highest BCUT2D eigenvalue weighted by molar-refractivity contribution is 5.86. The van der Waals surface area contributed by atoms with Crippen LogP contribution < -0.4 is 10.6 Å². The predicted octanol–water partition coefficient (Wildman–Crippen LogP) is 2.64. The number of fused-ring (bicyclic) bond motifs is 1. The fourth-order valence-electron chi connectivity index (χ4n) is 3.74. The molecule has 0 saturated heterocycles. The number of carbonyl (C=O) groups is 2. The zero-order valence-electron chi connectivity index (χ0n) is 20.7. The number of amides is 2. The van der Waals surface area contributed by atoms with Crippen LogP contribution >= 0.6 is 0 Å². The molecule has 35 heavy (non-hydrogen) atoms. The lowest BCUT2D eigenvalue weighted by atomic mass is 9.99. The molecule has 2 heterocycles. The summed E-state index contributed by atoms with van der Waals surface area (Å²) < 4.78 is 16.4. The normalized spacial score (nSPS) is 15.2. The number of alkyl carbamates (subject to hydrolysis) is 1. The van der Waals surface area contributed by atoms with E-state index < -0.39 is 23.6 Å². The van der Waals surface area contributed by atoms with Gasteiger partial charge in [-0.3, -0.25) is 9.69 Å². The van der Waals surface area contributed by atoms with E-state index in [0.29, 0.717) is 23.6 Å². The zero-order valence-corrected chi connectivity index (χ0v) is 20.7. The van der Waals surface area contributed by atoms with Gasteiger partial charge in [0, 0.05) is 26.7 Å². The van der Waals surface area contributed by atoms with Crippen molar-refractivity contribution in [1.82, 2.24) is 20.5 Å². The van der Waals surface area contributed by atoms with Gasteiger partial charge in [-0.2, -0.15) is 5.26 Å². The van der Waals surface area contributed by atoms with Crippen molar-refractivity contribution < 1.29 is 23.5 Å². The molecule has 0 saturated carbocycles. The zero-order chi connectivity index (χ0) is 25.4. The second kappa shape index (κ2) is 11.8. The van der Waals surface area contributed by atoms with Crippen molar-refractivity contribution in [3.8, 4) is 6.07 Å². The highest BCUT2D eigenvalue weighted by atomic mass is 16.6. The number of methoxy groups -OCH3 is 1. The van der Waals surface area contributed by atoms with Crippen LogP contribution in [0.5, 0.6) is 0 Å². The van der Waals surface area contributed by atoms with Crippen LogP contribution in [0.4, 0.5) is 4.79 Å². The molecular weight excluding hydrogens is 450 g/mol. The first-order valence-corrected chi connectivity index (χ1v) is 11.6. The predicted molar refractivity (Wildman–Crippen MR) is 130 cm³/mol. The molecule has 0 radical (unpaired) electrons. The number of hydrogen-bond donors (Lipinski definition) is 2. The number of carbonyl (C=O) groups excluding carboxylic acids is 2. The molecule has 2 N–H and O–H groups in total. The Kier molecular flexibility index (Phi) is 8.84. The summed E-state index contributed by atoms with van der Waals surface area (Å²) in [6.45, 7) is 8.47. The number of hydrogen-bond acceptors (Lipinski definition) is 8. The molecule has 10 heteroatoms. The van der Waals surface area contributed by atoms with Crippen LogP contribution in [0.1, 0.15) is 38.6 Å². The first-order valence-electron chi connectivity index (χ1n) is 11.6. The number of oxazole rings is 1. The smallest absolute Gasteiger partial charge is 0.408 e. The van der Waals surface area contributed by atoms with E-state index in [4.69, 9.17) is 19.2 Å². The maximum atomic E-state index is 12.6. The highest BCUT2D eigenvalue weighted by Crippen LogP contribution is 2.26. The van der Waals surface area contributed by atoms with Gasteiger partial charge in [0.1, 0.15) is 23.7 Å². The summed E-state index contributed by atoms with van der Waals surface area (Å²) in [5.41, 5.74) is 2.87. The maximum Gasteiger partial charge on any atom is 0.408 e. The number of ether oxygens (including phenoxy) is 2. The molecule has 0 bridgehead atoms. The molecule has 1 aromatic heterocycles. The van der Waals surface area contributed by atoms with Gasteiger partial charge in [-0.15, -0.1) is 0 Å². The lowest BCUT2D eigenvalue weighted by Gasteiger charge is -2.26. The van der Waals surface area contributed by atoms with Gasteiger partial charge in [0.25, 0.3) is 0 Å². The summed E-state index contributed by atoms with van der Waals surface area (Å²) in [6, 6.07) is 6.70. The van der Waals surface area contributed by atoms with Crippen LogP contribution in [0, 0.1) is 11.3 Å². The molecule has 10 nitrogen and oxygen atoms in total. The van der Waals surface area contributed by atoms with Gasteiger partial charge in [-0.05, 0) is 50.5 Å². The minimum absolute atomic E-state index is 0.0116. The van der Waals surface area contributed by atoms with Gasteiger partial charge in [-0.25, -0.2) is 9.78 Å². The molecular formula is C25H33N5O5. The third-order valence-electron chi connectivity index (χ3n) is 5.44. The Balaban J connectivity index is 1.73. The van der Waals surface area contributed by atoms with E-state index in [-0.39, 0.29) is 13.0 Å². The van der Waals surface area contributed by atoms with Crippen LogP contribution in [-0.4, -0.2) is 73.4 Å². The topological polar surface area (TPSA) is 130 Å². The Bertz CT molecular complexity index is 1110. The summed E-state index contributed by atoms with van der Waals surface area (Å²) in [5, 5.41) is 13.8. The second-order valence-corrected chi connectivity index (χ2v) is 9.34. The quantitative estimate of drug-likeness (QED) is 0.521. The second-order valence-electron chi connectivity index (χ2n) is 9.34. The standard InChI is InChI=1S/C25H33N5O5/c1-25(2,3)35-24(32)29-20(23(31)27-10-9-26)16-22-28-19-6-5-18(15-21(19)34-22)17-7-11-30(12-8-17)13-14-33-4/h5-7,15,20H,8,10-14,16H2,1-4H3,(H,27,31)(H,29,32). The van der Waals surface area contributed by atoms with Gasteiger partial charge in [-0.1, -0.05) is 12.1 Å². The number of rotatable bonds is 9. The van der Waals surface area contributed by atoms with Crippen LogP contribution in [0.25, 0.3) is 16.7 Å². The van der Waals surface area contributed by atoms with E-state index in [2.05, 4.69) is 26.6 Å². The third kappa shape index (κ3) is 7.80. The van der Waals surface area contributed by atoms with E-state index in [1.807, 2.05) is 24.3 Å². The number of nitriles is 1. The van der Waals surface area contributed by atoms with Crippen molar-refractivity contribution in [2.75, 3.05) is 39.9 Å². The Morgan fingerprint density at radius 3 is 2.80 bits per heavy atom. The SMILES string of the molecule is COCCN1CC=C(c2ccc3nc(CC(NC(=O)OC(C)(C)C)C(=O)NCC#N)oc3c2)CC1. The summed E-state index contributed by atoms with van der Waals surface area (Å²) in [4.78, 5) is 31.6. The molecule has 188 valence electrons. The van der Waals surface area contributed by atoms with Gasteiger partial charge >= 0.3 is 6.09 Å². The number of nitrogens with one attached hydrogen (secondary N) is 2. The lowest BCUT2D eigenvalue weighted by Crippen LogP contribution is -2.49. The lowest BCUT2D eigenvalue weighted by molar-refractivity contribution is -0.123. The van der Waals surface area contributed by atoms with E-state index >= 15 is 0 Å². The molecule has 0 spiro atoms. The Morgan fingerprint density at radius 2 is 2.14 bits per heavy atom. The summed E-state index contributed by atoms with van der Waals surface area (Å²) in [5.74, 6) is -0.223. The fourth-order valence-corrected chi connectivity index (χ4v) is 3.74. The molecule has 1 aromatic carbocycles. The third-order valence-corrected chi connectivity index (χ3v) is 5.44. The van der Waals surface area contributed by atoms with Gasteiger partial charge in [0.2, 0.25) is 5.91 Å².